The number of nitrogens with zero attached hydrogens (tertiary/aromatic N) is 1. The first-order valence-corrected chi connectivity index (χ1v) is 7.06. The number of thiazole rings is 1. The third-order valence-corrected chi connectivity index (χ3v) is 3.81. The van der Waals surface area contributed by atoms with E-state index in [1.54, 1.807) is 11.3 Å². The predicted octanol–water partition coefficient (Wildman–Crippen LogP) is 2.46. The molecule has 3 N–H and O–H groups in total. The summed E-state index contributed by atoms with van der Waals surface area (Å²) in [5, 5.41) is 3.14. The van der Waals surface area contributed by atoms with Gasteiger partial charge < -0.3 is 0 Å². The molecule has 0 saturated heterocycles. The highest BCUT2D eigenvalue weighted by Crippen LogP contribution is 2.12. The van der Waals surface area contributed by atoms with Crippen LogP contribution in [0.25, 0.3) is 0 Å². The van der Waals surface area contributed by atoms with Crippen LogP contribution in [0, 0.1) is 6.92 Å². The van der Waals surface area contributed by atoms with Crippen LogP contribution in [0.3, 0.4) is 0 Å². The number of nitrogens with two attached hydrogens (primary N) is 1. The zero-order valence-electron chi connectivity index (χ0n) is 10.6. The molecular formula is C14H19N3S. The molecule has 0 fully saturated rings. The Morgan fingerprint density at radius 2 is 2.33 bits per heavy atom. The summed E-state index contributed by atoms with van der Waals surface area (Å²) in [4.78, 5) is 4.30. The number of nitrogens with one attached hydrogen (secondary N) is 1. The Morgan fingerprint density at radius 3 is 3.00 bits per heavy atom. The van der Waals surface area contributed by atoms with Crippen LogP contribution in [-0.4, -0.2) is 11.0 Å². The van der Waals surface area contributed by atoms with Gasteiger partial charge in [-0.15, -0.1) is 11.3 Å². The van der Waals surface area contributed by atoms with Crippen molar-refractivity contribution >= 4 is 11.3 Å². The van der Waals surface area contributed by atoms with E-state index in [1.807, 2.05) is 11.6 Å². The normalized spacial score (nSPS) is 12.6. The summed E-state index contributed by atoms with van der Waals surface area (Å²) < 4.78 is 0. The average molecular weight is 261 g/mol. The number of rotatable bonds is 6. The fourth-order valence-corrected chi connectivity index (χ4v) is 2.72. The Hall–Kier alpha value is -1.23. The summed E-state index contributed by atoms with van der Waals surface area (Å²) in [5.41, 5.74) is 5.57. The molecule has 0 spiro atoms. The lowest BCUT2D eigenvalue weighted by Crippen LogP contribution is -2.37. The van der Waals surface area contributed by atoms with E-state index >= 15 is 0 Å². The molecule has 0 bridgehead atoms. The molecule has 1 unspecified atom stereocenters. The quantitative estimate of drug-likeness (QED) is 0.620. The zero-order chi connectivity index (χ0) is 12.8. The fraction of sp³-hybridized carbons (Fsp3) is 0.357. The van der Waals surface area contributed by atoms with Gasteiger partial charge in [0.25, 0.3) is 0 Å². The van der Waals surface area contributed by atoms with Crippen molar-refractivity contribution in [2.45, 2.75) is 32.2 Å². The highest BCUT2D eigenvalue weighted by atomic mass is 32.1. The monoisotopic (exact) mass is 261 g/mol. The van der Waals surface area contributed by atoms with Crippen molar-refractivity contribution in [2.75, 3.05) is 0 Å². The highest BCUT2D eigenvalue weighted by Gasteiger charge is 2.09. The van der Waals surface area contributed by atoms with Crippen molar-refractivity contribution in [1.82, 2.24) is 10.4 Å². The summed E-state index contributed by atoms with van der Waals surface area (Å²) in [5.74, 6) is 5.61. The van der Waals surface area contributed by atoms with Gasteiger partial charge in [0.15, 0.2) is 0 Å². The van der Waals surface area contributed by atoms with E-state index in [0.717, 1.165) is 24.3 Å². The van der Waals surface area contributed by atoms with Crippen LogP contribution in [0.15, 0.2) is 35.8 Å². The molecule has 18 heavy (non-hydrogen) atoms. The lowest BCUT2D eigenvalue weighted by Gasteiger charge is -2.14. The van der Waals surface area contributed by atoms with E-state index in [2.05, 4.69) is 41.6 Å². The van der Waals surface area contributed by atoms with Crippen molar-refractivity contribution < 1.29 is 0 Å². The predicted molar refractivity (Wildman–Crippen MR) is 76.4 cm³/mol. The first kappa shape index (κ1) is 13.2. The molecule has 3 nitrogen and oxygen atoms in total. The molecule has 4 heteroatoms. The summed E-state index contributed by atoms with van der Waals surface area (Å²) >= 11 is 1.68. The minimum absolute atomic E-state index is 0.289. The van der Waals surface area contributed by atoms with Crippen molar-refractivity contribution in [3.05, 3.63) is 52.0 Å². The van der Waals surface area contributed by atoms with Crippen molar-refractivity contribution in [3.63, 3.8) is 0 Å². The van der Waals surface area contributed by atoms with E-state index in [0.29, 0.717) is 0 Å². The van der Waals surface area contributed by atoms with Crippen LogP contribution in [0.5, 0.6) is 0 Å². The van der Waals surface area contributed by atoms with Crippen molar-refractivity contribution in [3.8, 4) is 0 Å². The molecule has 1 aromatic carbocycles. The molecule has 1 atom stereocenters. The summed E-state index contributed by atoms with van der Waals surface area (Å²) in [7, 11) is 0. The van der Waals surface area contributed by atoms with Gasteiger partial charge >= 0.3 is 0 Å². The second kappa shape index (κ2) is 6.64. The molecule has 2 aromatic rings. The fourth-order valence-electron chi connectivity index (χ4n) is 2.02. The Bertz CT molecular complexity index is 468. The van der Waals surface area contributed by atoms with Crippen molar-refractivity contribution in [2.24, 2.45) is 5.84 Å². The van der Waals surface area contributed by atoms with Crippen LogP contribution in [0.2, 0.25) is 0 Å². The van der Waals surface area contributed by atoms with Gasteiger partial charge in [-0.05, 0) is 25.3 Å². The lowest BCUT2D eigenvalue weighted by atomic mass is 10.0. The number of aryl methyl sites for hydroxylation is 2. The number of hydrazine groups is 1. The zero-order valence-corrected chi connectivity index (χ0v) is 11.4. The molecule has 1 aromatic heterocycles. The Labute approximate surface area is 112 Å². The summed E-state index contributed by atoms with van der Waals surface area (Å²) in [6.45, 7) is 2.12. The van der Waals surface area contributed by atoms with E-state index in [1.165, 1.54) is 11.1 Å². The van der Waals surface area contributed by atoms with Gasteiger partial charge in [0.05, 0.1) is 5.01 Å². The molecule has 2 rings (SSSR count). The second-order valence-corrected chi connectivity index (χ2v) is 5.50. The van der Waals surface area contributed by atoms with Gasteiger partial charge in [0, 0.05) is 24.0 Å². The minimum Gasteiger partial charge on any atom is -0.271 e. The standard InChI is InChI=1S/C14H19N3S/c1-11-3-2-4-12(9-11)5-6-13(17-15)10-14-16-7-8-18-14/h2-4,7-9,13,17H,5-6,10,15H2,1H3. The van der Waals surface area contributed by atoms with Gasteiger partial charge in [-0.2, -0.15) is 0 Å². The third kappa shape index (κ3) is 3.91. The van der Waals surface area contributed by atoms with Gasteiger partial charge in [-0.3, -0.25) is 11.3 Å². The number of hydrogen-bond acceptors (Lipinski definition) is 4. The molecule has 96 valence electrons. The Balaban J connectivity index is 1.87. The van der Waals surface area contributed by atoms with E-state index in [9.17, 15) is 0 Å². The molecule has 0 aliphatic carbocycles. The highest BCUT2D eigenvalue weighted by molar-refractivity contribution is 7.09. The van der Waals surface area contributed by atoms with Crippen LogP contribution >= 0.6 is 11.3 Å². The van der Waals surface area contributed by atoms with Gasteiger partial charge in [0.2, 0.25) is 0 Å². The maximum Gasteiger partial charge on any atom is 0.0940 e. The van der Waals surface area contributed by atoms with E-state index < -0.39 is 0 Å². The van der Waals surface area contributed by atoms with Gasteiger partial charge in [-0.25, -0.2) is 4.98 Å². The molecule has 0 radical (unpaired) electrons. The minimum atomic E-state index is 0.289. The smallest absolute Gasteiger partial charge is 0.0940 e. The SMILES string of the molecule is Cc1cccc(CCC(Cc2nccs2)NN)c1. The second-order valence-electron chi connectivity index (χ2n) is 4.52. The number of aromatic nitrogens is 1. The molecule has 1 heterocycles. The van der Waals surface area contributed by atoms with Crippen LogP contribution in [-0.2, 0) is 12.8 Å². The Morgan fingerprint density at radius 1 is 1.44 bits per heavy atom. The Kier molecular flexibility index (Phi) is 4.87. The van der Waals surface area contributed by atoms with Crippen LogP contribution < -0.4 is 11.3 Å². The molecule has 0 aliphatic rings. The third-order valence-electron chi connectivity index (χ3n) is 3.00. The van der Waals surface area contributed by atoms with Gasteiger partial charge in [-0.1, -0.05) is 29.8 Å². The topological polar surface area (TPSA) is 50.9 Å². The molecular weight excluding hydrogens is 242 g/mol. The first-order valence-electron chi connectivity index (χ1n) is 6.18. The molecule has 0 amide bonds. The molecule has 0 saturated carbocycles. The largest absolute Gasteiger partial charge is 0.271 e. The summed E-state index contributed by atoms with van der Waals surface area (Å²) in [6.07, 6.45) is 4.82. The maximum absolute atomic E-state index is 5.61. The lowest BCUT2D eigenvalue weighted by molar-refractivity contribution is 0.490. The number of benzene rings is 1. The average Bonchev–Trinajstić information content (AvgIpc) is 2.87. The van der Waals surface area contributed by atoms with E-state index in [-0.39, 0.29) is 6.04 Å². The van der Waals surface area contributed by atoms with E-state index in [4.69, 9.17) is 5.84 Å². The molecule has 0 aliphatic heterocycles. The number of hydrogen-bond donors (Lipinski definition) is 2. The van der Waals surface area contributed by atoms with Crippen LogP contribution in [0.4, 0.5) is 0 Å². The first-order chi connectivity index (χ1) is 8.78. The maximum atomic E-state index is 5.61. The van der Waals surface area contributed by atoms with Gasteiger partial charge in [0.1, 0.15) is 0 Å². The van der Waals surface area contributed by atoms with Crippen molar-refractivity contribution in [1.29, 1.82) is 0 Å². The summed E-state index contributed by atoms with van der Waals surface area (Å²) in [6, 6.07) is 8.92. The van der Waals surface area contributed by atoms with Crippen LogP contribution in [0.1, 0.15) is 22.6 Å².